The summed E-state index contributed by atoms with van der Waals surface area (Å²) in [6, 6.07) is 6.41. The zero-order valence-corrected chi connectivity index (χ0v) is 11.5. The lowest BCUT2D eigenvalue weighted by molar-refractivity contribution is -0.121. The second kappa shape index (κ2) is 8.96. The van der Waals surface area contributed by atoms with E-state index in [0.29, 0.717) is 11.4 Å². The van der Waals surface area contributed by atoms with Crippen LogP contribution in [-0.2, 0) is 0 Å². The quantitative estimate of drug-likeness (QED) is 0.337. The van der Waals surface area contributed by atoms with Crippen LogP contribution in [0.5, 0.6) is 5.75 Å². The number of hydrogen-bond acceptors (Lipinski definition) is 7. The van der Waals surface area contributed by atoms with Crippen LogP contribution in [0, 0.1) is 0 Å². The first kappa shape index (κ1) is 18.9. The summed E-state index contributed by atoms with van der Waals surface area (Å²) in [5.41, 5.74) is 6.05. The molecule has 116 valence electrons. The molecule has 1 aromatic rings. The van der Waals surface area contributed by atoms with Crippen LogP contribution in [0.2, 0.25) is 0 Å². The second-order valence-electron chi connectivity index (χ2n) is 4.18. The molecule has 0 unspecified atom stereocenters. The van der Waals surface area contributed by atoms with Gasteiger partial charge in [0, 0.05) is 5.69 Å². The van der Waals surface area contributed by atoms with E-state index in [9.17, 15) is 15.3 Å². The van der Waals surface area contributed by atoms with Crippen molar-refractivity contribution in [2.75, 3.05) is 18.9 Å². The SMILES string of the molecule is Cl.Nc1ccc(OC[C@@H](O)[C@H](O)[C@H](O)[C@@H](O)CO)cc1. The highest BCUT2D eigenvalue weighted by atomic mass is 35.5. The van der Waals surface area contributed by atoms with Crippen LogP contribution in [0.25, 0.3) is 0 Å². The first-order chi connectivity index (χ1) is 8.95. The third-order valence-corrected chi connectivity index (χ3v) is 2.63. The van der Waals surface area contributed by atoms with Crippen LogP contribution < -0.4 is 10.5 Å². The summed E-state index contributed by atoms with van der Waals surface area (Å²) in [6.07, 6.45) is -6.22. The predicted molar refractivity (Wildman–Crippen MR) is 74.7 cm³/mol. The van der Waals surface area contributed by atoms with Gasteiger partial charge >= 0.3 is 0 Å². The predicted octanol–water partition coefficient (Wildman–Crippen LogP) is -1.49. The van der Waals surface area contributed by atoms with Crippen molar-refractivity contribution in [1.82, 2.24) is 0 Å². The van der Waals surface area contributed by atoms with Gasteiger partial charge in [-0.25, -0.2) is 0 Å². The fraction of sp³-hybridized carbons (Fsp3) is 0.500. The molecule has 8 heteroatoms. The Balaban J connectivity index is 0.00000361. The lowest BCUT2D eigenvalue weighted by atomic mass is 10.0. The maximum absolute atomic E-state index is 9.60. The van der Waals surface area contributed by atoms with E-state index < -0.39 is 31.0 Å². The van der Waals surface area contributed by atoms with Crippen LogP contribution in [0.1, 0.15) is 0 Å². The standard InChI is InChI=1S/C12H19NO6.ClH/c13-7-1-3-8(4-2-7)19-6-10(16)12(18)11(17)9(15)5-14;/h1-4,9-12,14-18H,5-6,13H2;1H/t9-,10+,11+,12-;/m0./s1. The molecule has 1 aromatic carbocycles. The van der Waals surface area contributed by atoms with Gasteiger partial charge in [-0.05, 0) is 24.3 Å². The number of nitrogens with two attached hydrogens (primary N) is 1. The molecule has 0 spiro atoms. The minimum atomic E-state index is -1.66. The largest absolute Gasteiger partial charge is 0.491 e. The Kier molecular flexibility index (Phi) is 8.47. The smallest absolute Gasteiger partial charge is 0.119 e. The minimum Gasteiger partial charge on any atom is -0.491 e. The molecule has 1 rings (SSSR count). The summed E-state index contributed by atoms with van der Waals surface area (Å²) in [6.45, 7) is -0.996. The number of ether oxygens (including phenoxy) is 1. The van der Waals surface area contributed by atoms with Crippen molar-refractivity contribution in [2.45, 2.75) is 24.4 Å². The Morgan fingerprint density at radius 2 is 1.45 bits per heavy atom. The monoisotopic (exact) mass is 309 g/mol. The van der Waals surface area contributed by atoms with Gasteiger partial charge in [0.25, 0.3) is 0 Å². The molecule has 20 heavy (non-hydrogen) atoms. The van der Waals surface area contributed by atoms with E-state index in [1.54, 1.807) is 24.3 Å². The van der Waals surface area contributed by atoms with Gasteiger partial charge in [0.1, 0.15) is 36.8 Å². The van der Waals surface area contributed by atoms with Gasteiger partial charge in [-0.1, -0.05) is 0 Å². The molecule has 0 aliphatic carbocycles. The molecule has 0 fully saturated rings. The van der Waals surface area contributed by atoms with Gasteiger partial charge in [-0.2, -0.15) is 0 Å². The van der Waals surface area contributed by atoms with Gasteiger partial charge in [0.05, 0.1) is 6.61 Å². The molecule has 0 bridgehead atoms. The molecule has 7 nitrogen and oxygen atoms in total. The Bertz CT molecular complexity index is 377. The highest BCUT2D eigenvalue weighted by Crippen LogP contribution is 2.14. The Morgan fingerprint density at radius 3 is 1.95 bits per heavy atom. The maximum Gasteiger partial charge on any atom is 0.119 e. The molecular formula is C12H20ClNO6. The topological polar surface area (TPSA) is 136 Å². The molecule has 0 aliphatic rings. The van der Waals surface area contributed by atoms with Gasteiger partial charge in [0.15, 0.2) is 0 Å². The van der Waals surface area contributed by atoms with Gasteiger partial charge in [0.2, 0.25) is 0 Å². The lowest BCUT2D eigenvalue weighted by Crippen LogP contribution is -2.47. The molecule has 0 radical (unpaired) electrons. The fourth-order valence-corrected chi connectivity index (χ4v) is 1.41. The minimum absolute atomic E-state index is 0. The fourth-order valence-electron chi connectivity index (χ4n) is 1.41. The molecule has 0 amide bonds. The third-order valence-electron chi connectivity index (χ3n) is 2.63. The average molecular weight is 310 g/mol. The number of rotatable bonds is 7. The zero-order valence-electron chi connectivity index (χ0n) is 10.7. The third kappa shape index (κ3) is 5.49. The summed E-state index contributed by atoms with van der Waals surface area (Å²) in [5.74, 6) is 0.442. The zero-order chi connectivity index (χ0) is 14.4. The van der Waals surface area contributed by atoms with E-state index in [-0.39, 0.29) is 19.0 Å². The number of nitrogen functional groups attached to an aromatic ring is 1. The molecular weight excluding hydrogens is 290 g/mol. The second-order valence-corrected chi connectivity index (χ2v) is 4.18. The lowest BCUT2D eigenvalue weighted by Gasteiger charge is -2.25. The Hall–Kier alpha value is -1.09. The van der Waals surface area contributed by atoms with Crippen molar-refractivity contribution in [3.63, 3.8) is 0 Å². The van der Waals surface area contributed by atoms with Crippen molar-refractivity contribution in [3.05, 3.63) is 24.3 Å². The molecule has 0 aromatic heterocycles. The van der Waals surface area contributed by atoms with Crippen LogP contribution in [0.15, 0.2) is 24.3 Å². The van der Waals surface area contributed by atoms with Crippen LogP contribution in [0.4, 0.5) is 5.69 Å². The van der Waals surface area contributed by atoms with Crippen molar-refractivity contribution >= 4 is 18.1 Å². The van der Waals surface area contributed by atoms with E-state index in [2.05, 4.69) is 0 Å². The summed E-state index contributed by atoms with van der Waals surface area (Å²) >= 11 is 0. The molecule has 4 atom stereocenters. The number of aliphatic hydroxyl groups is 5. The number of benzene rings is 1. The molecule has 0 saturated heterocycles. The van der Waals surface area contributed by atoms with E-state index in [4.69, 9.17) is 20.7 Å². The van der Waals surface area contributed by atoms with Crippen LogP contribution >= 0.6 is 12.4 Å². The van der Waals surface area contributed by atoms with Gasteiger partial charge < -0.3 is 36.0 Å². The normalized spacial score (nSPS) is 16.6. The molecule has 0 heterocycles. The molecule has 0 aliphatic heterocycles. The summed E-state index contributed by atoms with van der Waals surface area (Å²) in [5, 5.41) is 46.3. The van der Waals surface area contributed by atoms with Gasteiger partial charge in [-0.3, -0.25) is 0 Å². The summed E-state index contributed by atoms with van der Waals surface area (Å²) in [7, 11) is 0. The number of anilines is 1. The number of halogens is 1. The summed E-state index contributed by atoms with van der Waals surface area (Å²) in [4.78, 5) is 0. The van der Waals surface area contributed by atoms with E-state index in [1.165, 1.54) is 0 Å². The Labute approximate surface area is 122 Å². The molecule has 7 N–H and O–H groups in total. The first-order valence-corrected chi connectivity index (χ1v) is 5.77. The van der Waals surface area contributed by atoms with Crippen molar-refractivity contribution < 1.29 is 30.3 Å². The highest BCUT2D eigenvalue weighted by Gasteiger charge is 2.30. The number of aliphatic hydroxyl groups excluding tert-OH is 5. The van der Waals surface area contributed by atoms with Crippen molar-refractivity contribution in [2.24, 2.45) is 0 Å². The Morgan fingerprint density at radius 1 is 0.950 bits per heavy atom. The summed E-state index contributed by atoms with van der Waals surface area (Å²) < 4.78 is 5.19. The maximum atomic E-state index is 9.60. The first-order valence-electron chi connectivity index (χ1n) is 5.77. The van der Waals surface area contributed by atoms with E-state index >= 15 is 0 Å². The van der Waals surface area contributed by atoms with Crippen molar-refractivity contribution in [3.8, 4) is 5.75 Å². The van der Waals surface area contributed by atoms with E-state index in [1.807, 2.05) is 0 Å². The van der Waals surface area contributed by atoms with Crippen molar-refractivity contribution in [1.29, 1.82) is 0 Å². The van der Waals surface area contributed by atoms with Crippen LogP contribution in [0.3, 0.4) is 0 Å². The molecule has 0 saturated carbocycles. The van der Waals surface area contributed by atoms with Crippen LogP contribution in [-0.4, -0.2) is 63.2 Å². The number of hydrogen-bond donors (Lipinski definition) is 6. The van der Waals surface area contributed by atoms with Gasteiger partial charge in [-0.15, -0.1) is 12.4 Å². The highest BCUT2D eigenvalue weighted by molar-refractivity contribution is 5.85. The van der Waals surface area contributed by atoms with E-state index in [0.717, 1.165) is 0 Å². The average Bonchev–Trinajstić information content (AvgIpc) is 2.43.